The summed E-state index contributed by atoms with van der Waals surface area (Å²) in [6.07, 6.45) is 3.15. The quantitative estimate of drug-likeness (QED) is 0.835. The number of carbonyl (C=O) groups excluding carboxylic acids is 1. The monoisotopic (exact) mass is 281 g/mol. The second-order valence-corrected chi connectivity index (χ2v) is 5.30. The fourth-order valence-corrected chi connectivity index (χ4v) is 2.75. The van der Waals surface area contributed by atoms with Gasteiger partial charge in [-0.1, -0.05) is 18.5 Å². The van der Waals surface area contributed by atoms with Gasteiger partial charge in [-0.2, -0.15) is 0 Å². The van der Waals surface area contributed by atoms with Crippen LogP contribution in [0.2, 0.25) is 5.02 Å². The van der Waals surface area contributed by atoms with Crippen molar-refractivity contribution >= 4 is 28.9 Å². The van der Waals surface area contributed by atoms with Gasteiger partial charge in [-0.25, -0.2) is 0 Å². The average Bonchev–Trinajstić information content (AvgIpc) is 2.87. The Morgan fingerprint density at radius 3 is 2.74 bits per heavy atom. The van der Waals surface area contributed by atoms with Gasteiger partial charge >= 0.3 is 0 Å². The molecule has 104 valence electrons. The number of nitrogen functional groups attached to an aromatic ring is 1. The van der Waals surface area contributed by atoms with Crippen LogP contribution in [0.25, 0.3) is 0 Å². The van der Waals surface area contributed by atoms with Gasteiger partial charge in [0.15, 0.2) is 0 Å². The third kappa shape index (κ3) is 3.39. The summed E-state index contributed by atoms with van der Waals surface area (Å²) in [7, 11) is 0. The molecule has 0 radical (unpaired) electrons. The van der Waals surface area contributed by atoms with Crippen LogP contribution in [0.5, 0.6) is 0 Å². The fraction of sp³-hybridized carbons (Fsp3) is 0.500. The van der Waals surface area contributed by atoms with Crippen LogP contribution in [-0.2, 0) is 4.79 Å². The molecule has 1 atom stereocenters. The molecule has 0 bridgehead atoms. The minimum Gasteiger partial charge on any atom is -0.399 e. The number of anilines is 2. The summed E-state index contributed by atoms with van der Waals surface area (Å²) in [6.45, 7) is 4.04. The molecule has 0 aliphatic carbocycles. The maximum atomic E-state index is 12.3. The summed E-state index contributed by atoms with van der Waals surface area (Å²) in [6, 6.07) is 5.05. The van der Waals surface area contributed by atoms with Crippen molar-refractivity contribution < 1.29 is 4.79 Å². The summed E-state index contributed by atoms with van der Waals surface area (Å²) >= 11 is 6.07. The number of amides is 1. The molecule has 1 aromatic carbocycles. The number of nitrogens with zero attached hydrogens (tertiary/aromatic N) is 1. The Hall–Kier alpha value is -1.26. The smallest absolute Gasteiger partial charge is 0.241 e. The van der Waals surface area contributed by atoms with Crippen molar-refractivity contribution in [1.29, 1.82) is 0 Å². The summed E-state index contributed by atoms with van der Waals surface area (Å²) in [5, 5.41) is 3.37. The molecule has 5 heteroatoms. The molecule has 1 aliphatic rings. The van der Waals surface area contributed by atoms with E-state index >= 15 is 0 Å². The SMILES string of the molecule is CCC(C(=O)Nc1ccc(N)cc1Cl)N1CCCC1. The Kier molecular flexibility index (Phi) is 4.66. The van der Waals surface area contributed by atoms with Gasteiger partial charge in [0, 0.05) is 5.69 Å². The number of hydrogen-bond acceptors (Lipinski definition) is 3. The van der Waals surface area contributed by atoms with Gasteiger partial charge in [0.25, 0.3) is 0 Å². The third-order valence-electron chi connectivity index (χ3n) is 3.52. The van der Waals surface area contributed by atoms with E-state index in [0.717, 1.165) is 19.5 Å². The molecule has 1 saturated heterocycles. The standard InChI is InChI=1S/C14H20ClN3O/c1-2-13(18-7-3-4-8-18)14(19)17-12-6-5-10(16)9-11(12)15/h5-6,9,13H,2-4,7-8,16H2,1H3,(H,17,19). The van der Waals surface area contributed by atoms with Crippen LogP contribution < -0.4 is 11.1 Å². The summed E-state index contributed by atoms with van der Waals surface area (Å²) in [5.74, 6) is 0.0103. The molecule has 1 amide bonds. The Labute approximate surface area is 118 Å². The third-order valence-corrected chi connectivity index (χ3v) is 3.83. The summed E-state index contributed by atoms with van der Waals surface area (Å²) in [5.41, 5.74) is 6.85. The Bertz CT molecular complexity index is 458. The first-order chi connectivity index (χ1) is 9.11. The molecular weight excluding hydrogens is 262 g/mol. The first-order valence-electron chi connectivity index (χ1n) is 6.71. The number of likely N-dealkylation sites (tertiary alicyclic amines) is 1. The van der Waals surface area contributed by atoms with E-state index in [1.54, 1.807) is 18.2 Å². The van der Waals surface area contributed by atoms with E-state index in [0.29, 0.717) is 16.4 Å². The zero-order chi connectivity index (χ0) is 13.8. The highest BCUT2D eigenvalue weighted by Gasteiger charge is 2.26. The van der Waals surface area contributed by atoms with E-state index in [1.807, 2.05) is 6.92 Å². The van der Waals surface area contributed by atoms with Gasteiger partial charge in [-0.15, -0.1) is 0 Å². The second kappa shape index (κ2) is 6.26. The lowest BCUT2D eigenvalue weighted by molar-refractivity contribution is -0.121. The highest BCUT2D eigenvalue weighted by Crippen LogP contribution is 2.25. The van der Waals surface area contributed by atoms with Crippen LogP contribution in [0, 0.1) is 0 Å². The van der Waals surface area contributed by atoms with Gasteiger partial charge in [0.2, 0.25) is 5.91 Å². The van der Waals surface area contributed by atoms with E-state index in [1.165, 1.54) is 12.8 Å². The van der Waals surface area contributed by atoms with Crippen molar-refractivity contribution in [3.05, 3.63) is 23.2 Å². The Morgan fingerprint density at radius 2 is 2.16 bits per heavy atom. The lowest BCUT2D eigenvalue weighted by atomic mass is 10.1. The maximum absolute atomic E-state index is 12.3. The largest absolute Gasteiger partial charge is 0.399 e. The van der Waals surface area contributed by atoms with Crippen molar-refractivity contribution in [3.63, 3.8) is 0 Å². The minimum absolute atomic E-state index is 0.0103. The average molecular weight is 282 g/mol. The summed E-state index contributed by atoms with van der Waals surface area (Å²) < 4.78 is 0. The van der Waals surface area contributed by atoms with E-state index in [4.69, 9.17) is 17.3 Å². The number of carbonyl (C=O) groups is 1. The van der Waals surface area contributed by atoms with Gasteiger partial charge < -0.3 is 11.1 Å². The van der Waals surface area contributed by atoms with Gasteiger partial charge in [-0.3, -0.25) is 9.69 Å². The molecule has 19 heavy (non-hydrogen) atoms. The molecule has 0 saturated carbocycles. The highest BCUT2D eigenvalue weighted by molar-refractivity contribution is 6.34. The van der Waals surface area contributed by atoms with E-state index in [2.05, 4.69) is 10.2 Å². The number of nitrogens with one attached hydrogen (secondary N) is 1. The van der Waals surface area contributed by atoms with Gasteiger partial charge in [0.1, 0.15) is 0 Å². The summed E-state index contributed by atoms with van der Waals surface area (Å²) in [4.78, 5) is 14.6. The second-order valence-electron chi connectivity index (χ2n) is 4.90. The van der Waals surface area contributed by atoms with Crippen LogP contribution in [0.15, 0.2) is 18.2 Å². The van der Waals surface area contributed by atoms with Crippen molar-refractivity contribution in [3.8, 4) is 0 Å². The van der Waals surface area contributed by atoms with Crippen LogP contribution in [-0.4, -0.2) is 29.9 Å². The molecule has 0 spiro atoms. The molecule has 1 aromatic rings. The van der Waals surface area contributed by atoms with E-state index < -0.39 is 0 Å². The predicted molar refractivity (Wildman–Crippen MR) is 79.4 cm³/mol. The Balaban J connectivity index is 2.06. The molecule has 1 aliphatic heterocycles. The first-order valence-corrected chi connectivity index (χ1v) is 7.09. The van der Waals surface area contributed by atoms with Crippen molar-refractivity contribution in [1.82, 2.24) is 4.90 Å². The molecule has 4 nitrogen and oxygen atoms in total. The number of halogens is 1. The molecule has 1 fully saturated rings. The molecular formula is C14H20ClN3O. The number of benzene rings is 1. The van der Waals surface area contributed by atoms with Crippen LogP contribution in [0.1, 0.15) is 26.2 Å². The lowest BCUT2D eigenvalue weighted by Crippen LogP contribution is -2.42. The van der Waals surface area contributed by atoms with Crippen LogP contribution in [0.3, 0.4) is 0 Å². The fourth-order valence-electron chi connectivity index (χ4n) is 2.51. The van der Waals surface area contributed by atoms with Crippen LogP contribution in [0.4, 0.5) is 11.4 Å². The molecule has 3 N–H and O–H groups in total. The molecule has 2 rings (SSSR count). The predicted octanol–water partition coefficient (Wildman–Crippen LogP) is 2.74. The number of rotatable bonds is 4. The zero-order valence-corrected chi connectivity index (χ0v) is 11.9. The lowest BCUT2D eigenvalue weighted by Gasteiger charge is -2.25. The highest BCUT2D eigenvalue weighted by atomic mass is 35.5. The van der Waals surface area contributed by atoms with Crippen molar-refractivity contribution in [2.24, 2.45) is 0 Å². The van der Waals surface area contributed by atoms with Crippen molar-refractivity contribution in [2.45, 2.75) is 32.2 Å². The van der Waals surface area contributed by atoms with E-state index in [9.17, 15) is 4.79 Å². The zero-order valence-electron chi connectivity index (χ0n) is 11.2. The minimum atomic E-state index is -0.0730. The Morgan fingerprint density at radius 1 is 1.47 bits per heavy atom. The van der Waals surface area contributed by atoms with E-state index in [-0.39, 0.29) is 11.9 Å². The topological polar surface area (TPSA) is 58.4 Å². The maximum Gasteiger partial charge on any atom is 0.241 e. The van der Waals surface area contributed by atoms with Crippen LogP contribution >= 0.6 is 11.6 Å². The van der Waals surface area contributed by atoms with Gasteiger partial charge in [-0.05, 0) is 50.6 Å². The molecule has 0 aromatic heterocycles. The van der Waals surface area contributed by atoms with Crippen molar-refractivity contribution in [2.75, 3.05) is 24.1 Å². The molecule has 1 heterocycles. The molecule has 1 unspecified atom stereocenters. The first kappa shape index (κ1) is 14.2. The van der Waals surface area contributed by atoms with Gasteiger partial charge in [0.05, 0.1) is 16.8 Å². The normalized spacial score (nSPS) is 17.4. The number of hydrogen-bond donors (Lipinski definition) is 2. The number of nitrogens with two attached hydrogens (primary N) is 1.